The van der Waals surface area contributed by atoms with E-state index in [1.165, 1.54) is 18.4 Å². The van der Waals surface area contributed by atoms with Crippen molar-refractivity contribution in [2.75, 3.05) is 13.1 Å². The summed E-state index contributed by atoms with van der Waals surface area (Å²) in [5, 5.41) is 0. The zero-order chi connectivity index (χ0) is 13.8. The van der Waals surface area contributed by atoms with Gasteiger partial charge >= 0.3 is 0 Å². The molecule has 1 fully saturated rings. The summed E-state index contributed by atoms with van der Waals surface area (Å²) in [6.07, 6.45) is 4.28. The van der Waals surface area contributed by atoms with Gasteiger partial charge in [0.2, 0.25) is 0 Å². The molecule has 20 heavy (non-hydrogen) atoms. The summed E-state index contributed by atoms with van der Waals surface area (Å²) in [7, 11) is 0. The van der Waals surface area contributed by atoms with Crippen molar-refractivity contribution in [1.82, 2.24) is 9.88 Å². The molecule has 0 spiro atoms. The molecular formula is C17H21N3. The van der Waals surface area contributed by atoms with Crippen LogP contribution in [0.4, 0.5) is 0 Å². The van der Waals surface area contributed by atoms with E-state index in [1.54, 1.807) is 0 Å². The van der Waals surface area contributed by atoms with Gasteiger partial charge in [0.1, 0.15) is 0 Å². The molecule has 0 bridgehead atoms. The molecule has 104 valence electrons. The molecule has 2 heterocycles. The van der Waals surface area contributed by atoms with Gasteiger partial charge in [-0.25, -0.2) is 0 Å². The molecule has 0 radical (unpaired) electrons. The topological polar surface area (TPSA) is 42.1 Å². The fraction of sp³-hybridized carbons (Fsp3) is 0.353. The van der Waals surface area contributed by atoms with E-state index in [-0.39, 0.29) is 6.04 Å². The second-order valence-corrected chi connectivity index (χ2v) is 5.34. The molecule has 2 aromatic rings. The largest absolute Gasteiger partial charge is 0.329 e. The molecule has 1 saturated heterocycles. The molecule has 3 heteroatoms. The number of benzene rings is 1. The lowest BCUT2D eigenvalue weighted by Crippen LogP contribution is -2.39. The number of pyridine rings is 1. The summed E-state index contributed by atoms with van der Waals surface area (Å²) in [6, 6.07) is 17.4. The minimum absolute atomic E-state index is 0.216. The zero-order valence-corrected chi connectivity index (χ0v) is 11.7. The van der Waals surface area contributed by atoms with E-state index in [4.69, 9.17) is 5.73 Å². The van der Waals surface area contributed by atoms with E-state index in [9.17, 15) is 0 Å². The molecule has 0 amide bonds. The van der Waals surface area contributed by atoms with Crippen molar-refractivity contribution in [2.45, 2.75) is 24.9 Å². The number of aromatic nitrogens is 1. The van der Waals surface area contributed by atoms with Crippen molar-refractivity contribution >= 4 is 0 Å². The van der Waals surface area contributed by atoms with E-state index in [0.717, 1.165) is 18.8 Å². The third-order valence-corrected chi connectivity index (χ3v) is 4.11. The molecule has 2 unspecified atom stereocenters. The highest BCUT2D eigenvalue weighted by Crippen LogP contribution is 2.33. The Morgan fingerprint density at radius 3 is 2.65 bits per heavy atom. The number of rotatable bonds is 4. The second kappa shape index (κ2) is 6.16. The monoisotopic (exact) mass is 267 g/mol. The first kappa shape index (κ1) is 13.3. The Morgan fingerprint density at radius 1 is 1.15 bits per heavy atom. The van der Waals surface area contributed by atoms with Gasteiger partial charge in [0, 0.05) is 18.8 Å². The van der Waals surface area contributed by atoms with E-state index < -0.39 is 0 Å². The summed E-state index contributed by atoms with van der Waals surface area (Å²) in [5.41, 5.74) is 8.36. The third kappa shape index (κ3) is 2.60. The number of nitrogens with zero attached hydrogens (tertiary/aromatic N) is 2. The first-order valence-electron chi connectivity index (χ1n) is 7.32. The van der Waals surface area contributed by atoms with Crippen LogP contribution in [-0.2, 0) is 0 Å². The first-order valence-corrected chi connectivity index (χ1v) is 7.32. The molecule has 2 N–H and O–H groups in total. The number of hydrogen-bond donors (Lipinski definition) is 1. The lowest BCUT2D eigenvalue weighted by atomic mass is 10.0. The predicted octanol–water partition coefficient (Wildman–Crippen LogP) is 2.59. The van der Waals surface area contributed by atoms with E-state index in [2.05, 4.69) is 52.3 Å². The summed E-state index contributed by atoms with van der Waals surface area (Å²) < 4.78 is 0. The summed E-state index contributed by atoms with van der Waals surface area (Å²) in [5.74, 6) is 0. The first-order chi connectivity index (χ1) is 9.90. The second-order valence-electron chi connectivity index (χ2n) is 5.34. The van der Waals surface area contributed by atoms with Crippen LogP contribution >= 0.6 is 0 Å². The summed E-state index contributed by atoms with van der Waals surface area (Å²) >= 11 is 0. The van der Waals surface area contributed by atoms with Gasteiger partial charge < -0.3 is 5.73 Å². The average molecular weight is 267 g/mol. The Morgan fingerprint density at radius 2 is 1.95 bits per heavy atom. The fourth-order valence-electron chi connectivity index (χ4n) is 3.16. The van der Waals surface area contributed by atoms with Crippen molar-refractivity contribution in [1.29, 1.82) is 0 Å². The molecule has 1 aromatic carbocycles. The molecular weight excluding hydrogens is 246 g/mol. The number of likely N-dealkylation sites (tertiary alicyclic amines) is 1. The lowest BCUT2D eigenvalue weighted by Gasteiger charge is -2.32. The van der Waals surface area contributed by atoms with E-state index >= 15 is 0 Å². The van der Waals surface area contributed by atoms with Gasteiger partial charge in [-0.3, -0.25) is 9.88 Å². The SMILES string of the molecule is NCC1CCCN1C(c1ccccc1)c1ccccn1. The zero-order valence-electron chi connectivity index (χ0n) is 11.7. The van der Waals surface area contributed by atoms with Gasteiger partial charge in [0.25, 0.3) is 0 Å². The van der Waals surface area contributed by atoms with Crippen molar-refractivity contribution in [3.63, 3.8) is 0 Å². The van der Waals surface area contributed by atoms with Crippen LogP contribution in [0, 0.1) is 0 Å². The average Bonchev–Trinajstić information content (AvgIpc) is 2.98. The van der Waals surface area contributed by atoms with Crippen LogP contribution in [0.25, 0.3) is 0 Å². The normalized spacial score (nSPS) is 20.9. The highest BCUT2D eigenvalue weighted by Gasteiger charge is 2.32. The molecule has 0 aliphatic carbocycles. The van der Waals surface area contributed by atoms with Crippen molar-refractivity contribution in [3.8, 4) is 0 Å². The molecule has 0 saturated carbocycles. The van der Waals surface area contributed by atoms with Gasteiger partial charge in [0.05, 0.1) is 11.7 Å². The molecule has 3 nitrogen and oxygen atoms in total. The summed E-state index contributed by atoms with van der Waals surface area (Å²) in [6.45, 7) is 1.81. The van der Waals surface area contributed by atoms with Gasteiger partial charge in [0.15, 0.2) is 0 Å². The van der Waals surface area contributed by atoms with E-state index in [1.807, 2.05) is 12.3 Å². The molecule has 2 atom stereocenters. The van der Waals surface area contributed by atoms with Gasteiger partial charge in [-0.1, -0.05) is 36.4 Å². The van der Waals surface area contributed by atoms with Crippen LogP contribution in [-0.4, -0.2) is 29.0 Å². The van der Waals surface area contributed by atoms with Gasteiger partial charge in [-0.2, -0.15) is 0 Å². The Kier molecular flexibility index (Phi) is 4.09. The van der Waals surface area contributed by atoms with Crippen molar-refractivity contribution in [2.24, 2.45) is 5.73 Å². The quantitative estimate of drug-likeness (QED) is 0.926. The van der Waals surface area contributed by atoms with Gasteiger partial charge in [-0.05, 0) is 37.1 Å². The number of nitrogens with two attached hydrogens (primary N) is 1. The maximum atomic E-state index is 5.96. The van der Waals surface area contributed by atoms with Gasteiger partial charge in [-0.15, -0.1) is 0 Å². The highest BCUT2D eigenvalue weighted by molar-refractivity contribution is 5.28. The smallest absolute Gasteiger partial charge is 0.0779 e. The standard InChI is InChI=1S/C17H21N3/c18-13-15-9-6-12-20(15)17(14-7-2-1-3-8-14)16-10-4-5-11-19-16/h1-5,7-8,10-11,15,17H,6,9,12-13,18H2. The maximum Gasteiger partial charge on any atom is 0.0779 e. The number of hydrogen-bond acceptors (Lipinski definition) is 3. The predicted molar refractivity (Wildman–Crippen MR) is 81.3 cm³/mol. The lowest BCUT2D eigenvalue weighted by molar-refractivity contribution is 0.208. The Hall–Kier alpha value is -1.71. The molecule has 1 aromatic heterocycles. The maximum absolute atomic E-state index is 5.96. The highest BCUT2D eigenvalue weighted by atomic mass is 15.2. The van der Waals surface area contributed by atoms with Crippen LogP contribution in [0.2, 0.25) is 0 Å². The van der Waals surface area contributed by atoms with Crippen LogP contribution in [0.15, 0.2) is 54.7 Å². The van der Waals surface area contributed by atoms with Crippen molar-refractivity contribution in [3.05, 3.63) is 66.0 Å². The van der Waals surface area contributed by atoms with Crippen LogP contribution < -0.4 is 5.73 Å². The molecule has 1 aliphatic rings. The molecule has 1 aliphatic heterocycles. The van der Waals surface area contributed by atoms with Crippen molar-refractivity contribution < 1.29 is 0 Å². The minimum atomic E-state index is 0.216. The van der Waals surface area contributed by atoms with Crippen LogP contribution in [0.5, 0.6) is 0 Å². The van der Waals surface area contributed by atoms with E-state index in [0.29, 0.717) is 6.04 Å². The Bertz CT molecular complexity index is 487. The van der Waals surface area contributed by atoms with Crippen LogP contribution in [0.1, 0.15) is 30.1 Å². The Labute approximate surface area is 120 Å². The molecule has 3 rings (SSSR count). The minimum Gasteiger partial charge on any atom is -0.329 e. The van der Waals surface area contributed by atoms with Crippen LogP contribution in [0.3, 0.4) is 0 Å². The third-order valence-electron chi connectivity index (χ3n) is 4.11. The Balaban J connectivity index is 2.00. The fourth-order valence-corrected chi connectivity index (χ4v) is 3.16. The summed E-state index contributed by atoms with van der Waals surface area (Å²) in [4.78, 5) is 7.10.